The van der Waals surface area contributed by atoms with E-state index >= 15 is 9.36 Å². The van der Waals surface area contributed by atoms with Gasteiger partial charge in [0, 0.05) is 23.7 Å². The molecule has 0 aliphatic carbocycles. The van der Waals surface area contributed by atoms with Crippen molar-refractivity contribution in [1.29, 1.82) is 0 Å². The fraction of sp³-hybridized carbons (Fsp3) is 0.405. The van der Waals surface area contributed by atoms with Crippen molar-refractivity contribution in [2.75, 3.05) is 20.2 Å². The van der Waals surface area contributed by atoms with Gasteiger partial charge in [-0.15, -0.1) is 0 Å². The Hall–Kier alpha value is -3.48. The van der Waals surface area contributed by atoms with Gasteiger partial charge in [0.25, 0.3) is 5.91 Å². The van der Waals surface area contributed by atoms with Crippen LogP contribution in [-0.4, -0.2) is 39.3 Å². The quantitative estimate of drug-likeness (QED) is 0.111. The number of hydrogen-bond donors (Lipinski definition) is 1. The number of carbonyl (C=O) groups excluding carboxylic acids is 1. The van der Waals surface area contributed by atoms with Crippen molar-refractivity contribution in [2.45, 2.75) is 90.6 Å². The maximum atomic E-state index is 16.0. The molecule has 1 amide bonds. The van der Waals surface area contributed by atoms with Gasteiger partial charge >= 0.3 is 0 Å². The number of methoxy groups -OCH3 is 1. The van der Waals surface area contributed by atoms with E-state index in [0.717, 1.165) is 11.1 Å². The van der Waals surface area contributed by atoms with Crippen LogP contribution in [0.2, 0.25) is 18.1 Å². The average molecular weight is 713 g/mol. The minimum absolute atomic E-state index is 0.103. The molecule has 0 aliphatic rings. The SMILES string of the molecule is CCN(CC)C(=O)[C@@](O[Si](C)(C)C(C)(C)C)(c1ccc(C(C)(C)C)cc1)[C@H](NP(=O)(c1ccccc1)c1ccccc1)c1ccc(OC)cc1. The van der Waals surface area contributed by atoms with Crippen LogP contribution in [0, 0.1) is 0 Å². The number of nitrogens with one attached hydrogen (secondary N) is 1. The monoisotopic (exact) mass is 712 g/mol. The van der Waals surface area contributed by atoms with Crippen LogP contribution in [0.25, 0.3) is 0 Å². The molecule has 4 rings (SSSR count). The largest absolute Gasteiger partial charge is 0.497 e. The van der Waals surface area contributed by atoms with Gasteiger partial charge in [-0.05, 0) is 90.5 Å². The number of nitrogens with zero attached hydrogens (tertiary/aromatic N) is 1. The normalized spacial score (nSPS) is 14.5. The average Bonchev–Trinajstić information content (AvgIpc) is 3.10. The smallest absolute Gasteiger partial charge is 0.260 e. The van der Waals surface area contributed by atoms with Crippen LogP contribution in [0.3, 0.4) is 0 Å². The fourth-order valence-corrected chi connectivity index (χ4v) is 9.96. The number of carbonyl (C=O) groups is 1. The number of benzene rings is 4. The molecule has 0 aliphatic heterocycles. The molecule has 268 valence electrons. The molecular weight excluding hydrogens is 656 g/mol. The summed E-state index contributed by atoms with van der Waals surface area (Å²) in [5.74, 6) is 0.513. The maximum absolute atomic E-state index is 16.0. The van der Waals surface area contributed by atoms with Gasteiger partial charge in [0.15, 0.2) is 13.9 Å². The minimum Gasteiger partial charge on any atom is -0.497 e. The molecule has 0 radical (unpaired) electrons. The Labute approximate surface area is 302 Å². The summed E-state index contributed by atoms with van der Waals surface area (Å²) in [4.78, 5) is 17.5. The van der Waals surface area contributed by atoms with E-state index in [-0.39, 0.29) is 16.4 Å². The van der Waals surface area contributed by atoms with Crippen LogP contribution < -0.4 is 20.4 Å². The van der Waals surface area contributed by atoms with Gasteiger partial charge in [-0.1, -0.05) is 114 Å². The van der Waals surface area contributed by atoms with Crippen molar-refractivity contribution < 1.29 is 18.5 Å². The Morgan fingerprint density at radius 3 is 1.60 bits per heavy atom. The molecule has 6 nitrogen and oxygen atoms in total. The van der Waals surface area contributed by atoms with Gasteiger partial charge in [0.1, 0.15) is 5.75 Å². The summed E-state index contributed by atoms with van der Waals surface area (Å²) in [6, 6.07) is 34.1. The molecule has 0 unspecified atom stereocenters. The number of likely N-dealkylation sites (N-methyl/N-ethyl adjacent to an activating group) is 1. The molecule has 4 aromatic rings. The minimum atomic E-state index is -3.63. The lowest BCUT2D eigenvalue weighted by Gasteiger charge is -2.50. The highest BCUT2D eigenvalue weighted by atomic mass is 31.2. The van der Waals surface area contributed by atoms with Crippen LogP contribution in [0.15, 0.2) is 109 Å². The zero-order valence-electron chi connectivity index (χ0n) is 31.9. The molecule has 50 heavy (non-hydrogen) atoms. The lowest BCUT2D eigenvalue weighted by atomic mass is 9.79. The van der Waals surface area contributed by atoms with E-state index in [4.69, 9.17) is 9.16 Å². The molecule has 8 heteroatoms. The molecule has 0 saturated heterocycles. The maximum Gasteiger partial charge on any atom is 0.260 e. The number of ether oxygens (including phenoxy) is 1. The van der Waals surface area contributed by atoms with Crippen molar-refractivity contribution >= 4 is 32.1 Å². The molecule has 0 bridgehead atoms. The zero-order chi connectivity index (χ0) is 37.0. The summed E-state index contributed by atoms with van der Waals surface area (Å²) in [5, 5.41) is 4.76. The van der Waals surface area contributed by atoms with Gasteiger partial charge in [-0.25, -0.2) is 5.09 Å². The molecule has 0 spiro atoms. The predicted octanol–water partition coefficient (Wildman–Crippen LogP) is 9.34. The highest BCUT2D eigenvalue weighted by Crippen LogP contribution is 2.52. The second-order valence-corrected chi connectivity index (χ2v) is 22.8. The Morgan fingerprint density at radius 2 is 1.20 bits per heavy atom. The molecule has 0 fully saturated rings. The van der Waals surface area contributed by atoms with E-state index in [2.05, 4.69) is 71.9 Å². The Balaban J connectivity index is 2.20. The molecule has 0 heterocycles. The van der Waals surface area contributed by atoms with E-state index in [1.165, 1.54) is 0 Å². The second-order valence-electron chi connectivity index (χ2n) is 15.5. The Morgan fingerprint density at radius 1 is 0.740 bits per heavy atom. The summed E-state index contributed by atoms with van der Waals surface area (Å²) in [6.45, 7) is 22.4. The van der Waals surface area contributed by atoms with Crippen LogP contribution in [0.1, 0.15) is 78.1 Å². The number of hydrogen-bond acceptors (Lipinski definition) is 4. The van der Waals surface area contributed by atoms with Crippen molar-refractivity contribution in [2.24, 2.45) is 0 Å². The Bertz CT molecular complexity index is 1700. The first-order valence-corrected chi connectivity index (χ1v) is 22.3. The predicted molar refractivity (Wildman–Crippen MR) is 212 cm³/mol. The fourth-order valence-electron chi connectivity index (χ4n) is 6.05. The highest BCUT2D eigenvalue weighted by molar-refractivity contribution is 7.76. The molecule has 0 saturated carbocycles. The van der Waals surface area contributed by atoms with E-state index < -0.39 is 27.3 Å². The van der Waals surface area contributed by atoms with Crippen LogP contribution in [0.4, 0.5) is 0 Å². The van der Waals surface area contributed by atoms with Crippen molar-refractivity contribution in [3.05, 3.63) is 126 Å². The third-order valence-electron chi connectivity index (χ3n) is 10.2. The lowest BCUT2D eigenvalue weighted by molar-refractivity contribution is -0.153. The summed E-state index contributed by atoms with van der Waals surface area (Å²) < 4.78 is 29.2. The third kappa shape index (κ3) is 8.02. The first kappa shape index (κ1) is 39.3. The topological polar surface area (TPSA) is 67.9 Å². The van der Waals surface area contributed by atoms with Crippen molar-refractivity contribution in [1.82, 2.24) is 9.99 Å². The lowest BCUT2D eigenvalue weighted by Crippen LogP contribution is -2.61. The number of rotatable bonds is 13. The van der Waals surface area contributed by atoms with Crippen LogP contribution >= 0.6 is 7.29 Å². The van der Waals surface area contributed by atoms with Gasteiger partial charge in [-0.2, -0.15) is 0 Å². The van der Waals surface area contributed by atoms with Gasteiger partial charge in [-0.3, -0.25) is 9.36 Å². The molecule has 0 aromatic heterocycles. The van der Waals surface area contributed by atoms with Crippen LogP contribution in [-0.2, 0) is 24.8 Å². The molecule has 1 N–H and O–H groups in total. The van der Waals surface area contributed by atoms with E-state index in [9.17, 15) is 0 Å². The summed E-state index contributed by atoms with van der Waals surface area (Å²) in [7, 11) is -4.75. The van der Waals surface area contributed by atoms with Gasteiger partial charge in [0.05, 0.1) is 13.2 Å². The first-order chi connectivity index (χ1) is 23.4. The Kier molecular flexibility index (Phi) is 12.1. The molecular formula is C42H57N2O4PSi. The standard InChI is InChI=1S/C42H57N2O4PSi/c1-12-44(13-2)39(45)42(48-50(10,11)41(6,7)8,34-28-26-33(27-29-34)40(3,4)5)38(32-24-30-35(47-9)31-25-32)43-49(46,36-20-16-14-17-21-36)37-22-18-15-19-23-37/h14-31,38H,12-13H2,1-11H3,(H,43,46)/t38-,42-/m1/s1. The van der Waals surface area contributed by atoms with E-state index in [0.29, 0.717) is 35.0 Å². The van der Waals surface area contributed by atoms with E-state index in [1.54, 1.807) is 7.11 Å². The van der Waals surface area contributed by atoms with Crippen molar-refractivity contribution in [3.8, 4) is 5.75 Å². The highest BCUT2D eigenvalue weighted by Gasteiger charge is 2.57. The third-order valence-corrected chi connectivity index (χ3v) is 17.3. The summed E-state index contributed by atoms with van der Waals surface area (Å²) in [6.07, 6.45) is 0. The summed E-state index contributed by atoms with van der Waals surface area (Å²) >= 11 is 0. The molecule has 4 aromatic carbocycles. The molecule has 2 atom stereocenters. The van der Waals surface area contributed by atoms with Gasteiger partial charge in [0.2, 0.25) is 7.29 Å². The van der Waals surface area contributed by atoms with Crippen LogP contribution in [0.5, 0.6) is 5.75 Å². The first-order valence-electron chi connectivity index (χ1n) is 17.7. The summed E-state index contributed by atoms with van der Waals surface area (Å²) in [5.41, 5.74) is 0.907. The zero-order valence-corrected chi connectivity index (χ0v) is 33.8. The van der Waals surface area contributed by atoms with Crippen molar-refractivity contribution in [3.63, 3.8) is 0 Å². The van der Waals surface area contributed by atoms with Gasteiger partial charge < -0.3 is 14.1 Å². The van der Waals surface area contributed by atoms with E-state index in [1.807, 2.05) is 116 Å². The second kappa shape index (κ2) is 15.4. The number of amides is 1.